The van der Waals surface area contributed by atoms with Crippen molar-refractivity contribution in [1.82, 2.24) is 10.2 Å². The van der Waals surface area contributed by atoms with Crippen molar-refractivity contribution >= 4 is 11.3 Å². The molecule has 0 saturated carbocycles. The van der Waals surface area contributed by atoms with Gasteiger partial charge in [0, 0.05) is 6.42 Å². The van der Waals surface area contributed by atoms with Gasteiger partial charge in [-0.15, -0.1) is 21.5 Å². The van der Waals surface area contributed by atoms with E-state index in [2.05, 4.69) is 17.1 Å². The van der Waals surface area contributed by atoms with Gasteiger partial charge in [0.2, 0.25) is 0 Å². The quantitative estimate of drug-likeness (QED) is 0.743. The molecule has 0 aliphatic heterocycles. The summed E-state index contributed by atoms with van der Waals surface area (Å²) in [6.07, 6.45) is 2.27. The standard InChI is InChI=1S/C7H12N2OS/c1-2-3-6(10)4-7-9-8-5-11-7/h5-6,10H,2-4H2,1H3. The van der Waals surface area contributed by atoms with E-state index in [4.69, 9.17) is 0 Å². The lowest BCUT2D eigenvalue weighted by Gasteiger charge is -2.04. The normalized spacial score (nSPS) is 13.3. The van der Waals surface area contributed by atoms with Crippen LogP contribution in [0.3, 0.4) is 0 Å². The number of aliphatic hydroxyl groups is 1. The molecule has 0 aromatic carbocycles. The van der Waals surface area contributed by atoms with Crippen LogP contribution in [0.15, 0.2) is 5.51 Å². The molecule has 62 valence electrons. The largest absolute Gasteiger partial charge is 0.393 e. The first kappa shape index (κ1) is 8.62. The average Bonchev–Trinajstić information content (AvgIpc) is 2.40. The SMILES string of the molecule is CCCC(O)Cc1nncs1. The third-order valence-corrected chi connectivity index (χ3v) is 2.16. The van der Waals surface area contributed by atoms with Gasteiger partial charge in [0.05, 0.1) is 6.10 Å². The molecule has 0 aliphatic rings. The minimum absolute atomic E-state index is 0.243. The Morgan fingerprint density at radius 2 is 2.55 bits per heavy atom. The van der Waals surface area contributed by atoms with Gasteiger partial charge in [0.1, 0.15) is 10.5 Å². The zero-order valence-electron chi connectivity index (χ0n) is 6.53. The first-order valence-corrected chi connectivity index (χ1v) is 4.64. The Morgan fingerprint density at radius 3 is 3.09 bits per heavy atom. The second-order valence-corrected chi connectivity index (χ2v) is 3.40. The number of hydrogen-bond acceptors (Lipinski definition) is 4. The van der Waals surface area contributed by atoms with Crippen LogP contribution in [-0.4, -0.2) is 21.4 Å². The van der Waals surface area contributed by atoms with Crippen LogP contribution in [-0.2, 0) is 6.42 Å². The van der Waals surface area contributed by atoms with Crippen molar-refractivity contribution in [1.29, 1.82) is 0 Å². The van der Waals surface area contributed by atoms with E-state index in [9.17, 15) is 5.11 Å². The summed E-state index contributed by atoms with van der Waals surface area (Å²) in [5.74, 6) is 0. The van der Waals surface area contributed by atoms with E-state index < -0.39 is 0 Å². The number of rotatable bonds is 4. The van der Waals surface area contributed by atoms with E-state index in [1.165, 1.54) is 11.3 Å². The number of nitrogens with zero attached hydrogens (tertiary/aromatic N) is 2. The molecule has 1 atom stereocenters. The van der Waals surface area contributed by atoms with Crippen molar-refractivity contribution in [2.24, 2.45) is 0 Å². The predicted octanol–water partition coefficient (Wildman–Crippen LogP) is 1.24. The molecule has 0 aliphatic carbocycles. The lowest BCUT2D eigenvalue weighted by molar-refractivity contribution is 0.163. The minimum atomic E-state index is -0.243. The van der Waals surface area contributed by atoms with E-state index in [0.717, 1.165) is 17.8 Å². The Morgan fingerprint density at radius 1 is 1.73 bits per heavy atom. The molecule has 0 saturated heterocycles. The summed E-state index contributed by atoms with van der Waals surface area (Å²) in [7, 11) is 0. The molecule has 0 bridgehead atoms. The topological polar surface area (TPSA) is 46.0 Å². The molecule has 1 aromatic rings. The Balaban J connectivity index is 2.31. The molecule has 4 heteroatoms. The van der Waals surface area contributed by atoms with Crippen LogP contribution in [0.4, 0.5) is 0 Å². The van der Waals surface area contributed by atoms with E-state index >= 15 is 0 Å². The van der Waals surface area contributed by atoms with Gasteiger partial charge in [0.15, 0.2) is 0 Å². The van der Waals surface area contributed by atoms with Gasteiger partial charge in [-0.2, -0.15) is 0 Å². The zero-order chi connectivity index (χ0) is 8.10. The second-order valence-electron chi connectivity index (χ2n) is 2.48. The highest BCUT2D eigenvalue weighted by Crippen LogP contribution is 2.08. The van der Waals surface area contributed by atoms with Crippen molar-refractivity contribution in [2.75, 3.05) is 0 Å². The Bertz CT molecular complexity index is 188. The highest BCUT2D eigenvalue weighted by Gasteiger charge is 2.05. The summed E-state index contributed by atoms with van der Waals surface area (Å²) in [5.41, 5.74) is 1.69. The lowest BCUT2D eigenvalue weighted by atomic mass is 10.1. The number of aliphatic hydroxyl groups excluding tert-OH is 1. The van der Waals surface area contributed by atoms with E-state index in [1.807, 2.05) is 0 Å². The van der Waals surface area contributed by atoms with Gasteiger partial charge in [0.25, 0.3) is 0 Å². The molecule has 0 amide bonds. The Hall–Kier alpha value is -0.480. The summed E-state index contributed by atoms with van der Waals surface area (Å²) in [6.45, 7) is 2.06. The first-order chi connectivity index (χ1) is 5.33. The van der Waals surface area contributed by atoms with Crippen molar-refractivity contribution in [3.63, 3.8) is 0 Å². The van der Waals surface area contributed by atoms with Crippen LogP contribution in [0.2, 0.25) is 0 Å². The maximum absolute atomic E-state index is 9.36. The highest BCUT2D eigenvalue weighted by atomic mass is 32.1. The van der Waals surface area contributed by atoms with Crippen LogP contribution in [0.1, 0.15) is 24.8 Å². The molecular formula is C7H12N2OS. The molecule has 1 N–H and O–H groups in total. The molecule has 1 unspecified atom stereocenters. The number of aromatic nitrogens is 2. The molecule has 1 aromatic heterocycles. The van der Waals surface area contributed by atoms with Gasteiger partial charge in [-0.25, -0.2) is 0 Å². The van der Waals surface area contributed by atoms with Gasteiger partial charge < -0.3 is 5.11 Å². The van der Waals surface area contributed by atoms with E-state index in [-0.39, 0.29) is 6.10 Å². The van der Waals surface area contributed by atoms with E-state index in [0.29, 0.717) is 6.42 Å². The van der Waals surface area contributed by atoms with Crippen LogP contribution >= 0.6 is 11.3 Å². The van der Waals surface area contributed by atoms with Crippen LogP contribution < -0.4 is 0 Å². The van der Waals surface area contributed by atoms with E-state index in [1.54, 1.807) is 5.51 Å². The third kappa shape index (κ3) is 2.95. The van der Waals surface area contributed by atoms with Gasteiger partial charge in [-0.05, 0) is 6.42 Å². The molecule has 3 nitrogen and oxygen atoms in total. The summed E-state index contributed by atoms with van der Waals surface area (Å²) in [4.78, 5) is 0. The van der Waals surface area contributed by atoms with Gasteiger partial charge in [-0.1, -0.05) is 13.3 Å². The predicted molar refractivity (Wildman–Crippen MR) is 44.5 cm³/mol. The van der Waals surface area contributed by atoms with Gasteiger partial charge in [-0.3, -0.25) is 0 Å². The van der Waals surface area contributed by atoms with Crippen LogP contribution in [0, 0.1) is 0 Å². The first-order valence-electron chi connectivity index (χ1n) is 3.76. The summed E-state index contributed by atoms with van der Waals surface area (Å²) in [6, 6.07) is 0. The zero-order valence-corrected chi connectivity index (χ0v) is 7.34. The smallest absolute Gasteiger partial charge is 0.119 e. The van der Waals surface area contributed by atoms with Crippen molar-refractivity contribution in [3.05, 3.63) is 10.5 Å². The third-order valence-electron chi connectivity index (χ3n) is 1.44. The average molecular weight is 172 g/mol. The fraction of sp³-hybridized carbons (Fsp3) is 0.714. The summed E-state index contributed by atoms with van der Waals surface area (Å²) >= 11 is 1.49. The minimum Gasteiger partial charge on any atom is -0.393 e. The summed E-state index contributed by atoms with van der Waals surface area (Å²) in [5, 5.41) is 17.8. The fourth-order valence-corrected chi connectivity index (χ4v) is 1.52. The fourth-order valence-electron chi connectivity index (χ4n) is 0.922. The van der Waals surface area contributed by atoms with Crippen LogP contribution in [0.25, 0.3) is 0 Å². The molecule has 1 heterocycles. The monoisotopic (exact) mass is 172 g/mol. The number of hydrogen-bond donors (Lipinski definition) is 1. The second kappa shape index (κ2) is 4.41. The molecule has 0 spiro atoms. The van der Waals surface area contributed by atoms with Crippen molar-refractivity contribution < 1.29 is 5.11 Å². The van der Waals surface area contributed by atoms with Crippen molar-refractivity contribution in [3.8, 4) is 0 Å². The lowest BCUT2D eigenvalue weighted by Crippen LogP contribution is -2.09. The van der Waals surface area contributed by atoms with Crippen LogP contribution in [0.5, 0.6) is 0 Å². The Labute approximate surface area is 70.1 Å². The van der Waals surface area contributed by atoms with Crippen molar-refractivity contribution in [2.45, 2.75) is 32.3 Å². The molecule has 1 rings (SSSR count). The Kier molecular flexibility index (Phi) is 3.45. The molecular weight excluding hydrogens is 160 g/mol. The molecule has 0 fully saturated rings. The summed E-state index contributed by atoms with van der Waals surface area (Å²) < 4.78 is 0. The highest BCUT2D eigenvalue weighted by molar-refractivity contribution is 7.09. The maximum Gasteiger partial charge on any atom is 0.119 e. The molecule has 11 heavy (non-hydrogen) atoms. The molecule has 0 radical (unpaired) electrons. The van der Waals surface area contributed by atoms with Gasteiger partial charge >= 0.3 is 0 Å². The maximum atomic E-state index is 9.36.